The minimum absolute atomic E-state index is 0.216. The summed E-state index contributed by atoms with van der Waals surface area (Å²) < 4.78 is 1.99. The lowest BCUT2D eigenvalue weighted by molar-refractivity contribution is 0.521. The van der Waals surface area contributed by atoms with E-state index in [9.17, 15) is 4.79 Å². The monoisotopic (exact) mass is 317 g/mol. The highest BCUT2D eigenvalue weighted by molar-refractivity contribution is 7.18. The van der Waals surface area contributed by atoms with E-state index in [4.69, 9.17) is 4.98 Å². The molecule has 2 heterocycles. The van der Waals surface area contributed by atoms with Crippen LogP contribution in [0.1, 0.15) is 55.4 Å². The van der Waals surface area contributed by atoms with Crippen molar-refractivity contribution < 1.29 is 0 Å². The van der Waals surface area contributed by atoms with Gasteiger partial charge in [0.25, 0.3) is 5.56 Å². The van der Waals surface area contributed by atoms with Gasteiger partial charge in [-0.05, 0) is 50.1 Å². The van der Waals surface area contributed by atoms with Crippen LogP contribution in [0.5, 0.6) is 0 Å². The zero-order valence-corrected chi connectivity index (χ0v) is 14.1. The summed E-state index contributed by atoms with van der Waals surface area (Å²) in [6, 6.07) is 0.386. The third-order valence-electron chi connectivity index (χ3n) is 4.59. The van der Waals surface area contributed by atoms with Crippen LogP contribution in [0.2, 0.25) is 0 Å². The molecule has 0 bridgehead atoms. The van der Waals surface area contributed by atoms with Gasteiger partial charge in [0.2, 0.25) is 0 Å². The second-order valence-corrected chi connectivity index (χ2v) is 8.08. The molecule has 4 rings (SSSR count). The van der Waals surface area contributed by atoms with E-state index in [2.05, 4.69) is 19.2 Å². The van der Waals surface area contributed by atoms with Gasteiger partial charge < -0.3 is 5.32 Å². The van der Waals surface area contributed by atoms with Gasteiger partial charge in [-0.1, -0.05) is 13.8 Å². The molecule has 2 aliphatic carbocycles. The molecular formula is C17H23N3OS. The first-order valence-electron chi connectivity index (χ1n) is 8.41. The van der Waals surface area contributed by atoms with Crippen molar-refractivity contribution in [3.05, 3.63) is 26.6 Å². The summed E-state index contributed by atoms with van der Waals surface area (Å²) in [5, 5.41) is 4.38. The van der Waals surface area contributed by atoms with Crippen molar-refractivity contribution in [1.82, 2.24) is 14.9 Å². The van der Waals surface area contributed by atoms with E-state index in [-0.39, 0.29) is 5.56 Å². The van der Waals surface area contributed by atoms with Crippen LogP contribution in [0, 0.1) is 5.92 Å². The highest BCUT2D eigenvalue weighted by atomic mass is 32.1. The third kappa shape index (κ3) is 2.40. The van der Waals surface area contributed by atoms with Crippen LogP contribution in [-0.4, -0.2) is 16.1 Å². The molecule has 0 amide bonds. The smallest absolute Gasteiger partial charge is 0.262 e. The van der Waals surface area contributed by atoms with Crippen LogP contribution in [0.25, 0.3) is 10.2 Å². The van der Waals surface area contributed by atoms with Gasteiger partial charge in [-0.25, -0.2) is 4.98 Å². The summed E-state index contributed by atoms with van der Waals surface area (Å²) in [4.78, 5) is 20.3. The molecule has 2 aromatic heterocycles. The van der Waals surface area contributed by atoms with Crippen LogP contribution in [0.15, 0.2) is 4.79 Å². The van der Waals surface area contributed by atoms with Crippen molar-refractivity contribution in [2.45, 2.75) is 58.5 Å². The Labute approximate surface area is 134 Å². The number of nitrogens with one attached hydrogen (secondary N) is 1. The second kappa shape index (κ2) is 5.46. The fourth-order valence-corrected chi connectivity index (χ4v) is 4.68. The lowest BCUT2D eigenvalue weighted by Gasteiger charge is -2.13. The lowest BCUT2D eigenvalue weighted by atomic mass is 10.2. The van der Waals surface area contributed by atoms with Gasteiger partial charge in [-0.15, -0.1) is 11.3 Å². The predicted octanol–water partition coefficient (Wildman–Crippen LogP) is 3.03. The molecular weight excluding hydrogens is 294 g/mol. The van der Waals surface area contributed by atoms with E-state index >= 15 is 0 Å². The quantitative estimate of drug-likeness (QED) is 0.922. The number of aryl methyl sites for hydroxylation is 2. The van der Waals surface area contributed by atoms with Gasteiger partial charge >= 0.3 is 0 Å². The van der Waals surface area contributed by atoms with E-state index in [1.165, 1.54) is 16.9 Å². The van der Waals surface area contributed by atoms with Crippen LogP contribution in [-0.2, 0) is 19.4 Å². The Balaban J connectivity index is 1.79. The molecule has 1 saturated carbocycles. The van der Waals surface area contributed by atoms with E-state index in [0.29, 0.717) is 18.5 Å². The Morgan fingerprint density at radius 3 is 2.91 bits per heavy atom. The number of hydrogen-bond acceptors (Lipinski definition) is 4. The first-order valence-corrected chi connectivity index (χ1v) is 9.23. The number of thiophene rings is 1. The predicted molar refractivity (Wildman–Crippen MR) is 90.7 cm³/mol. The van der Waals surface area contributed by atoms with Crippen molar-refractivity contribution in [1.29, 1.82) is 0 Å². The molecule has 0 radical (unpaired) electrons. The van der Waals surface area contributed by atoms with Crippen LogP contribution in [0.4, 0.5) is 0 Å². The van der Waals surface area contributed by atoms with Gasteiger partial charge in [0, 0.05) is 10.9 Å². The molecule has 0 aromatic carbocycles. The molecule has 0 spiro atoms. The number of rotatable bonds is 5. The van der Waals surface area contributed by atoms with Crippen molar-refractivity contribution in [3.8, 4) is 0 Å². The molecule has 0 aliphatic heterocycles. The number of hydrogen-bond donors (Lipinski definition) is 1. The van der Waals surface area contributed by atoms with E-state index in [1.54, 1.807) is 11.3 Å². The van der Waals surface area contributed by atoms with Gasteiger partial charge in [-0.2, -0.15) is 0 Å². The SMILES string of the molecule is CC(C)CNCc1nc2sc3c(c2c(=O)n1C1CC1)CCC3. The van der Waals surface area contributed by atoms with E-state index < -0.39 is 0 Å². The molecule has 0 saturated heterocycles. The van der Waals surface area contributed by atoms with Gasteiger partial charge in [0.15, 0.2) is 0 Å². The maximum atomic E-state index is 13.1. The molecule has 2 aliphatic rings. The van der Waals surface area contributed by atoms with E-state index in [0.717, 1.165) is 48.3 Å². The molecule has 1 N–H and O–H groups in total. The van der Waals surface area contributed by atoms with E-state index in [1.807, 2.05) is 4.57 Å². The standard InChI is InChI=1S/C17H23N3OS/c1-10(2)8-18-9-14-19-16-15(12-4-3-5-13(12)22-16)17(21)20(14)11-6-7-11/h10-11,18H,3-9H2,1-2H3. The van der Waals surface area contributed by atoms with Gasteiger partial charge in [0.1, 0.15) is 10.7 Å². The summed E-state index contributed by atoms with van der Waals surface area (Å²) >= 11 is 1.74. The maximum absolute atomic E-state index is 13.1. The van der Waals surface area contributed by atoms with Crippen molar-refractivity contribution in [2.75, 3.05) is 6.54 Å². The number of aromatic nitrogens is 2. The Morgan fingerprint density at radius 1 is 1.36 bits per heavy atom. The second-order valence-electron chi connectivity index (χ2n) is 7.00. The highest BCUT2D eigenvalue weighted by Crippen LogP contribution is 2.38. The normalized spacial score (nSPS) is 17.6. The topological polar surface area (TPSA) is 46.9 Å². The zero-order chi connectivity index (χ0) is 15.3. The molecule has 4 nitrogen and oxygen atoms in total. The average Bonchev–Trinajstić information content (AvgIpc) is 3.07. The fraction of sp³-hybridized carbons (Fsp3) is 0.647. The summed E-state index contributed by atoms with van der Waals surface area (Å²) in [5.41, 5.74) is 1.52. The average molecular weight is 317 g/mol. The van der Waals surface area contributed by atoms with Crippen LogP contribution >= 0.6 is 11.3 Å². The molecule has 0 unspecified atom stereocenters. The molecule has 2 aromatic rings. The third-order valence-corrected chi connectivity index (χ3v) is 5.78. The maximum Gasteiger partial charge on any atom is 0.262 e. The summed E-state index contributed by atoms with van der Waals surface area (Å²) in [7, 11) is 0. The molecule has 5 heteroatoms. The summed E-state index contributed by atoms with van der Waals surface area (Å²) in [5.74, 6) is 1.54. The molecule has 1 fully saturated rings. The first-order chi connectivity index (χ1) is 10.6. The van der Waals surface area contributed by atoms with Gasteiger partial charge in [-0.3, -0.25) is 9.36 Å². The van der Waals surface area contributed by atoms with Gasteiger partial charge in [0.05, 0.1) is 11.9 Å². The Bertz CT molecular complexity index is 770. The van der Waals surface area contributed by atoms with Crippen LogP contribution in [0.3, 0.4) is 0 Å². The highest BCUT2D eigenvalue weighted by Gasteiger charge is 2.30. The summed E-state index contributed by atoms with van der Waals surface area (Å²) in [6.07, 6.45) is 5.62. The zero-order valence-electron chi connectivity index (χ0n) is 13.3. The minimum atomic E-state index is 0.216. The molecule has 118 valence electrons. The van der Waals surface area contributed by atoms with Crippen molar-refractivity contribution in [3.63, 3.8) is 0 Å². The summed E-state index contributed by atoms with van der Waals surface area (Å²) in [6.45, 7) is 6.05. The molecule has 22 heavy (non-hydrogen) atoms. The Hall–Kier alpha value is -1.20. The fourth-order valence-electron chi connectivity index (χ4n) is 3.40. The Morgan fingerprint density at radius 2 is 2.18 bits per heavy atom. The molecule has 0 atom stereocenters. The van der Waals surface area contributed by atoms with Crippen molar-refractivity contribution >= 4 is 21.6 Å². The number of fused-ring (bicyclic) bond motifs is 3. The van der Waals surface area contributed by atoms with Crippen molar-refractivity contribution in [2.24, 2.45) is 5.92 Å². The van der Waals surface area contributed by atoms with Crippen LogP contribution < -0.4 is 10.9 Å². The lowest BCUT2D eigenvalue weighted by Crippen LogP contribution is -2.29. The minimum Gasteiger partial charge on any atom is -0.310 e. The largest absolute Gasteiger partial charge is 0.310 e. The number of nitrogens with zero attached hydrogens (tertiary/aromatic N) is 2. The first kappa shape index (κ1) is 14.4. The Kier molecular flexibility index (Phi) is 3.57.